The number of benzene rings is 1. The Balaban J connectivity index is 2.29. The third-order valence-corrected chi connectivity index (χ3v) is 4.04. The number of carbonyl (C=O) groups excluding carboxylic acids is 1. The molecule has 0 N–H and O–H groups in total. The molecule has 22 heavy (non-hydrogen) atoms. The van der Waals surface area contributed by atoms with Crippen LogP contribution in [0.1, 0.15) is 34.8 Å². The number of hydrogen-bond acceptors (Lipinski definition) is 2. The van der Waals surface area contributed by atoms with E-state index in [2.05, 4.69) is 6.07 Å². The lowest BCUT2D eigenvalue weighted by atomic mass is 9.93. The molecule has 0 unspecified atom stereocenters. The summed E-state index contributed by atoms with van der Waals surface area (Å²) in [6.45, 7) is 3.81. The summed E-state index contributed by atoms with van der Waals surface area (Å²) in [7, 11) is 0. The smallest absolute Gasteiger partial charge is 0.162 e. The van der Waals surface area contributed by atoms with Gasteiger partial charge in [0.2, 0.25) is 0 Å². The Morgan fingerprint density at radius 2 is 2.00 bits per heavy atom. The van der Waals surface area contributed by atoms with Gasteiger partial charge in [-0.05, 0) is 30.2 Å². The molecule has 0 bridgehead atoms. The van der Waals surface area contributed by atoms with Crippen molar-refractivity contribution in [2.24, 2.45) is 0 Å². The number of rotatable bonds is 3. The molecule has 0 aliphatic rings. The van der Waals surface area contributed by atoms with Gasteiger partial charge >= 0.3 is 0 Å². The first-order chi connectivity index (χ1) is 10.7. The Bertz CT molecular complexity index is 913. The maximum atomic E-state index is 12.1. The molecule has 0 atom stereocenters. The van der Waals surface area contributed by atoms with Gasteiger partial charge in [0.15, 0.2) is 5.78 Å². The van der Waals surface area contributed by atoms with E-state index < -0.39 is 0 Å². The van der Waals surface area contributed by atoms with Crippen LogP contribution in [0.15, 0.2) is 48.8 Å². The van der Waals surface area contributed by atoms with Gasteiger partial charge < -0.3 is 4.40 Å². The van der Waals surface area contributed by atoms with E-state index in [-0.39, 0.29) is 5.78 Å². The van der Waals surface area contributed by atoms with Crippen molar-refractivity contribution in [1.29, 1.82) is 5.26 Å². The third kappa shape index (κ3) is 2.10. The van der Waals surface area contributed by atoms with E-state index in [4.69, 9.17) is 0 Å². The van der Waals surface area contributed by atoms with Gasteiger partial charge in [-0.2, -0.15) is 5.26 Å². The molecule has 108 valence electrons. The standard InChI is InChI=1S/C19H16N2O/c1-3-19(22)15-8-6-7-14(13(15)2)17-12-21-10-5-4-9-18(21)16(17)11-20/h4-10,12H,3H2,1-2H3. The molecule has 1 aromatic carbocycles. The quantitative estimate of drug-likeness (QED) is 0.671. The number of pyridine rings is 1. The first-order valence-electron chi connectivity index (χ1n) is 7.30. The molecule has 3 aromatic rings. The number of Topliss-reactive ketones (excluding diaryl/α,β-unsaturated/α-hetero) is 1. The normalized spacial score (nSPS) is 10.6. The number of fused-ring (bicyclic) bond motifs is 1. The van der Waals surface area contributed by atoms with Crippen molar-refractivity contribution in [3.8, 4) is 17.2 Å². The molecule has 0 aliphatic carbocycles. The van der Waals surface area contributed by atoms with Crippen LogP contribution < -0.4 is 0 Å². The molecule has 3 nitrogen and oxygen atoms in total. The van der Waals surface area contributed by atoms with E-state index in [1.54, 1.807) is 0 Å². The molecule has 3 rings (SSSR count). The molecular formula is C19H16N2O. The van der Waals surface area contributed by atoms with Crippen molar-refractivity contribution < 1.29 is 4.79 Å². The highest BCUT2D eigenvalue weighted by atomic mass is 16.1. The highest BCUT2D eigenvalue weighted by molar-refractivity contribution is 5.99. The maximum Gasteiger partial charge on any atom is 0.162 e. The van der Waals surface area contributed by atoms with Gasteiger partial charge in [0.05, 0.1) is 11.1 Å². The molecule has 0 radical (unpaired) electrons. The third-order valence-electron chi connectivity index (χ3n) is 4.04. The van der Waals surface area contributed by atoms with Crippen molar-refractivity contribution in [1.82, 2.24) is 4.40 Å². The van der Waals surface area contributed by atoms with Crippen LogP contribution in [0.4, 0.5) is 0 Å². The minimum atomic E-state index is 0.127. The van der Waals surface area contributed by atoms with Crippen LogP contribution >= 0.6 is 0 Å². The van der Waals surface area contributed by atoms with Crippen LogP contribution in [0, 0.1) is 18.3 Å². The monoisotopic (exact) mass is 288 g/mol. The summed E-state index contributed by atoms with van der Waals surface area (Å²) in [6, 6.07) is 13.8. The summed E-state index contributed by atoms with van der Waals surface area (Å²) in [4.78, 5) is 12.1. The van der Waals surface area contributed by atoms with Crippen molar-refractivity contribution in [3.05, 3.63) is 65.5 Å². The summed E-state index contributed by atoms with van der Waals surface area (Å²) in [5.74, 6) is 0.127. The minimum absolute atomic E-state index is 0.127. The predicted octanol–water partition coefficient (Wildman–Crippen LogP) is 4.38. The Morgan fingerprint density at radius 3 is 2.73 bits per heavy atom. The average Bonchev–Trinajstić information content (AvgIpc) is 2.92. The van der Waals surface area contributed by atoms with Crippen molar-refractivity contribution in [2.45, 2.75) is 20.3 Å². The van der Waals surface area contributed by atoms with Crippen molar-refractivity contribution in [2.75, 3.05) is 0 Å². The van der Waals surface area contributed by atoms with E-state index in [0.717, 1.165) is 27.8 Å². The van der Waals surface area contributed by atoms with Crippen LogP contribution in [-0.4, -0.2) is 10.2 Å². The molecule has 3 heteroatoms. The summed E-state index contributed by atoms with van der Waals surface area (Å²) in [6.07, 6.45) is 4.36. The highest BCUT2D eigenvalue weighted by Gasteiger charge is 2.16. The molecule has 0 saturated heterocycles. The second kappa shape index (κ2) is 5.50. The number of carbonyl (C=O) groups is 1. The van der Waals surface area contributed by atoms with Gasteiger partial charge in [0.25, 0.3) is 0 Å². The zero-order valence-electron chi connectivity index (χ0n) is 12.6. The van der Waals surface area contributed by atoms with E-state index in [1.807, 2.05) is 67.0 Å². The highest BCUT2D eigenvalue weighted by Crippen LogP contribution is 2.32. The lowest BCUT2D eigenvalue weighted by Crippen LogP contribution is -2.01. The number of aromatic nitrogens is 1. The molecule has 0 saturated carbocycles. The Morgan fingerprint density at radius 1 is 1.18 bits per heavy atom. The van der Waals surface area contributed by atoms with E-state index in [0.29, 0.717) is 12.0 Å². The average molecular weight is 288 g/mol. The fourth-order valence-corrected chi connectivity index (χ4v) is 2.86. The largest absolute Gasteiger partial charge is 0.322 e. The van der Waals surface area contributed by atoms with Gasteiger partial charge in [-0.1, -0.05) is 31.2 Å². The lowest BCUT2D eigenvalue weighted by Gasteiger charge is -2.09. The van der Waals surface area contributed by atoms with Crippen LogP contribution in [0.2, 0.25) is 0 Å². The van der Waals surface area contributed by atoms with E-state index in [1.165, 1.54) is 0 Å². The summed E-state index contributed by atoms with van der Waals surface area (Å²) >= 11 is 0. The molecule has 0 amide bonds. The van der Waals surface area contributed by atoms with Gasteiger partial charge in [-0.25, -0.2) is 0 Å². The zero-order chi connectivity index (χ0) is 15.7. The van der Waals surface area contributed by atoms with Gasteiger partial charge in [0, 0.05) is 29.9 Å². The minimum Gasteiger partial charge on any atom is -0.322 e. The Kier molecular flexibility index (Phi) is 3.52. The van der Waals surface area contributed by atoms with Gasteiger partial charge in [-0.3, -0.25) is 4.79 Å². The summed E-state index contributed by atoms with van der Waals surface area (Å²) < 4.78 is 1.95. The predicted molar refractivity (Wildman–Crippen MR) is 86.9 cm³/mol. The number of hydrogen-bond donors (Lipinski definition) is 0. The molecule has 0 fully saturated rings. The lowest BCUT2D eigenvalue weighted by molar-refractivity contribution is 0.0987. The van der Waals surface area contributed by atoms with Crippen LogP contribution in [0.3, 0.4) is 0 Å². The second-order valence-corrected chi connectivity index (χ2v) is 5.28. The fraction of sp³-hybridized carbons (Fsp3) is 0.158. The maximum absolute atomic E-state index is 12.1. The van der Waals surface area contributed by atoms with Crippen LogP contribution in [0.25, 0.3) is 16.6 Å². The summed E-state index contributed by atoms with van der Waals surface area (Å²) in [5, 5.41) is 9.55. The Labute approximate surface area is 129 Å². The SMILES string of the molecule is CCC(=O)c1cccc(-c2cn3ccccc3c2C#N)c1C. The fourth-order valence-electron chi connectivity index (χ4n) is 2.86. The number of nitriles is 1. The first kappa shape index (κ1) is 14.1. The van der Waals surface area contributed by atoms with Crippen molar-refractivity contribution in [3.63, 3.8) is 0 Å². The number of nitrogens with zero attached hydrogens (tertiary/aromatic N) is 2. The van der Waals surface area contributed by atoms with E-state index in [9.17, 15) is 10.1 Å². The molecule has 0 aliphatic heterocycles. The molecular weight excluding hydrogens is 272 g/mol. The van der Waals surface area contributed by atoms with Crippen LogP contribution in [-0.2, 0) is 0 Å². The zero-order valence-corrected chi connectivity index (χ0v) is 12.6. The van der Waals surface area contributed by atoms with Gasteiger partial charge in [0.1, 0.15) is 6.07 Å². The topological polar surface area (TPSA) is 45.3 Å². The van der Waals surface area contributed by atoms with E-state index >= 15 is 0 Å². The molecule has 0 spiro atoms. The summed E-state index contributed by atoms with van der Waals surface area (Å²) in [5.41, 5.74) is 5.01. The Hall–Kier alpha value is -2.86. The second-order valence-electron chi connectivity index (χ2n) is 5.28. The van der Waals surface area contributed by atoms with Crippen molar-refractivity contribution >= 4 is 11.3 Å². The van der Waals surface area contributed by atoms with Gasteiger partial charge in [-0.15, -0.1) is 0 Å². The molecule has 2 heterocycles. The van der Waals surface area contributed by atoms with Crippen LogP contribution in [0.5, 0.6) is 0 Å². The first-order valence-corrected chi connectivity index (χ1v) is 7.30. The molecule has 2 aromatic heterocycles. The number of ketones is 1.